The highest BCUT2D eigenvalue weighted by atomic mass is 35.5. The Kier molecular flexibility index (Phi) is 4.97. The third-order valence-corrected chi connectivity index (χ3v) is 3.93. The summed E-state index contributed by atoms with van der Waals surface area (Å²) < 4.78 is 26.1. The molecule has 0 aromatic heterocycles. The average Bonchev–Trinajstić information content (AvgIpc) is 2.43. The molecule has 0 radical (unpaired) electrons. The van der Waals surface area contributed by atoms with Crippen molar-refractivity contribution < 1.29 is 8.78 Å². The minimum absolute atomic E-state index is 0.139. The van der Waals surface area contributed by atoms with Crippen molar-refractivity contribution in [2.75, 3.05) is 0 Å². The highest BCUT2D eigenvalue weighted by molar-refractivity contribution is 6.42. The van der Waals surface area contributed by atoms with E-state index in [1.807, 2.05) is 19.1 Å². The Morgan fingerprint density at radius 1 is 1.10 bits per heavy atom. The normalized spacial score (nSPS) is 12.4. The maximum atomic E-state index is 13.2. The minimum Gasteiger partial charge on any atom is -0.306 e. The molecule has 20 heavy (non-hydrogen) atoms. The minimum atomic E-state index is -0.850. The predicted molar refractivity (Wildman–Crippen MR) is 78.1 cm³/mol. The van der Waals surface area contributed by atoms with E-state index in [1.165, 1.54) is 6.07 Å². The van der Waals surface area contributed by atoms with Crippen molar-refractivity contribution in [1.82, 2.24) is 5.32 Å². The fourth-order valence-electron chi connectivity index (χ4n) is 1.85. The van der Waals surface area contributed by atoms with Gasteiger partial charge in [0.25, 0.3) is 0 Å². The number of rotatable bonds is 4. The Bertz CT molecular complexity index is 617. The van der Waals surface area contributed by atoms with E-state index in [9.17, 15) is 8.78 Å². The SMILES string of the molecule is CC(NCc1cccc(Cl)c1Cl)c1ccc(F)c(F)c1. The van der Waals surface area contributed by atoms with Crippen molar-refractivity contribution in [3.63, 3.8) is 0 Å². The van der Waals surface area contributed by atoms with Crippen LogP contribution in [0.3, 0.4) is 0 Å². The number of halogens is 4. The fraction of sp³-hybridized carbons (Fsp3) is 0.200. The second-order valence-corrected chi connectivity index (χ2v) is 5.27. The molecule has 1 atom stereocenters. The molecule has 0 saturated heterocycles. The van der Waals surface area contributed by atoms with Gasteiger partial charge < -0.3 is 5.32 Å². The van der Waals surface area contributed by atoms with Gasteiger partial charge in [-0.25, -0.2) is 8.78 Å². The van der Waals surface area contributed by atoms with Crippen LogP contribution in [0, 0.1) is 11.6 Å². The second-order valence-electron chi connectivity index (χ2n) is 4.49. The van der Waals surface area contributed by atoms with Crippen molar-refractivity contribution in [3.05, 3.63) is 69.2 Å². The molecule has 2 rings (SSSR count). The lowest BCUT2D eigenvalue weighted by Crippen LogP contribution is -2.18. The highest BCUT2D eigenvalue weighted by Crippen LogP contribution is 2.26. The molecule has 0 heterocycles. The van der Waals surface area contributed by atoms with E-state index in [0.717, 1.165) is 11.6 Å². The lowest BCUT2D eigenvalue weighted by Gasteiger charge is -2.15. The summed E-state index contributed by atoms with van der Waals surface area (Å²) in [7, 11) is 0. The lowest BCUT2D eigenvalue weighted by atomic mass is 10.1. The Balaban J connectivity index is 2.06. The van der Waals surface area contributed by atoms with E-state index in [1.54, 1.807) is 12.1 Å². The highest BCUT2D eigenvalue weighted by Gasteiger charge is 2.10. The van der Waals surface area contributed by atoms with Crippen molar-refractivity contribution in [2.24, 2.45) is 0 Å². The maximum absolute atomic E-state index is 13.2. The summed E-state index contributed by atoms with van der Waals surface area (Å²) in [4.78, 5) is 0. The van der Waals surface area contributed by atoms with Crippen LogP contribution in [0.4, 0.5) is 8.78 Å². The molecule has 5 heteroatoms. The lowest BCUT2D eigenvalue weighted by molar-refractivity contribution is 0.500. The van der Waals surface area contributed by atoms with Crippen LogP contribution in [-0.4, -0.2) is 0 Å². The monoisotopic (exact) mass is 315 g/mol. The number of hydrogen-bond acceptors (Lipinski definition) is 1. The van der Waals surface area contributed by atoms with Crippen molar-refractivity contribution >= 4 is 23.2 Å². The van der Waals surface area contributed by atoms with Crippen molar-refractivity contribution in [3.8, 4) is 0 Å². The van der Waals surface area contributed by atoms with Crippen LogP contribution in [0.25, 0.3) is 0 Å². The number of nitrogens with one attached hydrogen (secondary N) is 1. The average molecular weight is 316 g/mol. The van der Waals surface area contributed by atoms with Crippen LogP contribution in [0.5, 0.6) is 0 Å². The Labute approximate surface area is 126 Å². The van der Waals surface area contributed by atoms with Gasteiger partial charge in [0.1, 0.15) is 0 Å². The van der Waals surface area contributed by atoms with Gasteiger partial charge in [0, 0.05) is 12.6 Å². The summed E-state index contributed by atoms with van der Waals surface area (Å²) in [6.45, 7) is 2.35. The summed E-state index contributed by atoms with van der Waals surface area (Å²) >= 11 is 12.0. The van der Waals surface area contributed by atoms with Gasteiger partial charge in [0.2, 0.25) is 0 Å². The molecule has 0 aliphatic carbocycles. The van der Waals surface area contributed by atoms with Crippen LogP contribution in [0.2, 0.25) is 10.0 Å². The van der Waals surface area contributed by atoms with Gasteiger partial charge in [0.05, 0.1) is 10.0 Å². The van der Waals surface area contributed by atoms with Crippen molar-refractivity contribution in [1.29, 1.82) is 0 Å². The summed E-state index contributed by atoms with van der Waals surface area (Å²) in [6.07, 6.45) is 0. The Morgan fingerprint density at radius 3 is 2.55 bits per heavy atom. The third kappa shape index (κ3) is 3.48. The number of hydrogen-bond donors (Lipinski definition) is 1. The molecule has 1 N–H and O–H groups in total. The van der Waals surface area contributed by atoms with Gasteiger partial charge in [-0.3, -0.25) is 0 Å². The van der Waals surface area contributed by atoms with Crippen LogP contribution < -0.4 is 5.32 Å². The van der Waals surface area contributed by atoms with Gasteiger partial charge in [0.15, 0.2) is 11.6 Å². The van der Waals surface area contributed by atoms with Crippen LogP contribution in [0.1, 0.15) is 24.1 Å². The standard InChI is InChI=1S/C15H13Cl2F2N/c1-9(10-5-6-13(18)14(19)7-10)20-8-11-3-2-4-12(16)15(11)17/h2-7,9,20H,8H2,1H3. The zero-order valence-corrected chi connectivity index (χ0v) is 12.3. The molecule has 1 unspecified atom stereocenters. The summed E-state index contributed by atoms with van der Waals surface area (Å²) in [5.41, 5.74) is 1.52. The predicted octanol–water partition coefficient (Wildman–Crippen LogP) is 5.12. The smallest absolute Gasteiger partial charge is 0.159 e. The Morgan fingerprint density at radius 2 is 1.85 bits per heavy atom. The zero-order valence-electron chi connectivity index (χ0n) is 10.8. The molecule has 0 bridgehead atoms. The first kappa shape index (κ1) is 15.2. The van der Waals surface area contributed by atoms with Crippen LogP contribution in [-0.2, 0) is 6.54 Å². The van der Waals surface area contributed by atoms with Gasteiger partial charge >= 0.3 is 0 Å². The first-order chi connectivity index (χ1) is 9.49. The van der Waals surface area contributed by atoms with E-state index in [0.29, 0.717) is 22.2 Å². The quantitative estimate of drug-likeness (QED) is 0.825. The van der Waals surface area contributed by atoms with E-state index >= 15 is 0 Å². The molecule has 0 amide bonds. The van der Waals surface area contributed by atoms with Crippen LogP contribution in [0.15, 0.2) is 36.4 Å². The van der Waals surface area contributed by atoms with E-state index in [-0.39, 0.29) is 6.04 Å². The third-order valence-electron chi connectivity index (χ3n) is 3.07. The van der Waals surface area contributed by atoms with Gasteiger partial charge in [-0.15, -0.1) is 0 Å². The maximum Gasteiger partial charge on any atom is 0.159 e. The number of benzene rings is 2. The molecule has 2 aromatic carbocycles. The fourth-order valence-corrected chi connectivity index (χ4v) is 2.23. The molecule has 2 aromatic rings. The van der Waals surface area contributed by atoms with Gasteiger partial charge in [-0.2, -0.15) is 0 Å². The molecule has 0 fully saturated rings. The van der Waals surface area contributed by atoms with Gasteiger partial charge in [-0.05, 0) is 36.2 Å². The summed E-state index contributed by atoms with van der Waals surface area (Å²) in [6, 6.07) is 9.11. The molecule has 0 aliphatic rings. The molecule has 1 nitrogen and oxygen atoms in total. The van der Waals surface area contributed by atoms with Gasteiger partial charge in [-0.1, -0.05) is 41.4 Å². The largest absolute Gasteiger partial charge is 0.306 e. The molecular weight excluding hydrogens is 303 g/mol. The molecule has 0 saturated carbocycles. The topological polar surface area (TPSA) is 12.0 Å². The molecular formula is C15H13Cl2F2N. The molecule has 0 spiro atoms. The second kappa shape index (κ2) is 6.53. The Hall–Kier alpha value is -1.16. The molecule has 0 aliphatic heterocycles. The van der Waals surface area contributed by atoms with E-state index in [2.05, 4.69) is 5.32 Å². The molecule has 106 valence electrons. The van der Waals surface area contributed by atoms with E-state index in [4.69, 9.17) is 23.2 Å². The van der Waals surface area contributed by atoms with Crippen molar-refractivity contribution in [2.45, 2.75) is 19.5 Å². The summed E-state index contributed by atoms with van der Waals surface area (Å²) in [5, 5.41) is 4.19. The van der Waals surface area contributed by atoms with Crippen LogP contribution >= 0.6 is 23.2 Å². The first-order valence-electron chi connectivity index (χ1n) is 6.10. The zero-order chi connectivity index (χ0) is 14.7. The van der Waals surface area contributed by atoms with E-state index < -0.39 is 11.6 Å². The summed E-state index contributed by atoms with van der Waals surface area (Å²) in [5.74, 6) is -1.70. The first-order valence-corrected chi connectivity index (χ1v) is 6.86.